The zero-order chi connectivity index (χ0) is 14.2. The molecule has 3 atom stereocenters. The summed E-state index contributed by atoms with van der Waals surface area (Å²) in [7, 11) is 0. The molecule has 1 aliphatic carbocycles. The first-order chi connectivity index (χ1) is 8.79. The summed E-state index contributed by atoms with van der Waals surface area (Å²) < 4.78 is 0. The highest BCUT2D eigenvalue weighted by atomic mass is 32.1. The average molecular weight is 280 g/mol. The Kier molecular flexibility index (Phi) is 4.05. The molecule has 1 saturated carbocycles. The molecule has 0 bridgehead atoms. The largest absolute Gasteiger partial charge is 0.481 e. The maximum atomic E-state index is 11.5. The van der Waals surface area contributed by atoms with Gasteiger partial charge in [0, 0.05) is 4.88 Å². The van der Waals surface area contributed by atoms with Gasteiger partial charge in [0.2, 0.25) is 0 Å². The Morgan fingerprint density at radius 3 is 2.53 bits per heavy atom. The average Bonchev–Trinajstić information content (AvgIpc) is 2.73. The molecule has 1 aliphatic rings. The van der Waals surface area contributed by atoms with Crippen LogP contribution in [0.3, 0.4) is 0 Å². The molecule has 2 rings (SSSR count). The SMILES string of the molecule is Cc1cc(C2CC(C(C)(C)C)CCC2C(=O)O)cs1. The molecular formula is C16H24O2S. The highest BCUT2D eigenvalue weighted by Gasteiger charge is 2.39. The minimum absolute atomic E-state index is 0.195. The summed E-state index contributed by atoms with van der Waals surface area (Å²) in [6.45, 7) is 8.91. The second-order valence-corrected chi connectivity index (χ2v) is 8.03. The van der Waals surface area contributed by atoms with E-state index in [4.69, 9.17) is 0 Å². The fourth-order valence-electron chi connectivity index (χ4n) is 3.28. The molecule has 3 heteroatoms. The summed E-state index contributed by atoms with van der Waals surface area (Å²) in [5, 5.41) is 11.6. The van der Waals surface area contributed by atoms with Crippen molar-refractivity contribution in [1.82, 2.24) is 0 Å². The lowest BCUT2D eigenvalue weighted by atomic mass is 9.64. The highest BCUT2D eigenvalue weighted by Crippen LogP contribution is 2.47. The van der Waals surface area contributed by atoms with Crippen molar-refractivity contribution in [2.24, 2.45) is 17.3 Å². The van der Waals surface area contributed by atoms with E-state index in [1.165, 1.54) is 10.4 Å². The number of hydrogen-bond acceptors (Lipinski definition) is 2. The molecular weight excluding hydrogens is 256 g/mol. The van der Waals surface area contributed by atoms with Crippen LogP contribution in [0.15, 0.2) is 11.4 Å². The molecule has 1 heterocycles. The Morgan fingerprint density at radius 1 is 1.37 bits per heavy atom. The molecule has 106 valence electrons. The van der Waals surface area contributed by atoms with Crippen molar-refractivity contribution in [2.45, 2.75) is 52.9 Å². The van der Waals surface area contributed by atoms with E-state index in [-0.39, 0.29) is 17.3 Å². The lowest BCUT2D eigenvalue weighted by molar-refractivity contribution is -0.144. The summed E-state index contributed by atoms with van der Waals surface area (Å²) in [6.07, 6.45) is 2.87. The Morgan fingerprint density at radius 2 is 2.05 bits per heavy atom. The molecule has 19 heavy (non-hydrogen) atoms. The van der Waals surface area contributed by atoms with Crippen LogP contribution in [-0.2, 0) is 4.79 Å². The number of aryl methyl sites for hydroxylation is 1. The number of rotatable bonds is 2. The zero-order valence-corrected chi connectivity index (χ0v) is 13.1. The van der Waals surface area contributed by atoms with Crippen LogP contribution >= 0.6 is 11.3 Å². The maximum Gasteiger partial charge on any atom is 0.307 e. The van der Waals surface area contributed by atoms with E-state index in [0.29, 0.717) is 5.92 Å². The smallest absolute Gasteiger partial charge is 0.307 e. The highest BCUT2D eigenvalue weighted by molar-refractivity contribution is 7.10. The molecule has 3 unspecified atom stereocenters. The monoisotopic (exact) mass is 280 g/mol. The minimum Gasteiger partial charge on any atom is -0.481 e. The number of aliphatic carboxylic acids is 1. The van der Waals surface area contributed by atoms with E-state index in [0.717, 1.165) is 19.3 Å². The van der Waals surface area contributed by atoms with Gasteiger partial charge in [-0.25, -0.2) is 0 Å². The van der Waals surface area contributed by atoms with Crippen molar-refractivity contribution in [2.75, 3.05) is 0 Å². The van der Waals surface area contributed by atoms with Gasteiger partial charge in [0.05, 0.1) is 5.92 Å². The molecule has 2 nitrogen and oxygen atoms in total. The molecule has 0 aromatic carbocycles. The van der Waals surface area contributed by atoms with Crippen molar-refractivity contribution in [3.8, 4) is 0 Å². The van der Waals surface area contributed by atoms with Crippen LogP contribution in [0.4, 0.5) is 0 Å². The lowest BCUT2D eigenvalue weighted by Crippen LogP contribution is -2.34. The van der Waals surface area contributed by atoms with E-state index < -0.39 is 5.97 Å². The van der Waals surface area contributed by atoms with Crippen LogP contribution < -0.4 is 0 Å². The molecule has 0 spiro atoms. The first-order valence-corrected chi connectivity index (χ1v) is 7.95. The van der Waals surface area contributed by atoms with Crippen LogP contribution in [0, 0.1) is 24.2 Å². The number of thiophene rings is 1. The predicted molar refractivity (Wildman–Crippen MR) is 79.7 cm³/mol. The molecule has 1 aromatic rings. The van der Waals surface area contributed by atoms with Gasteiger partial charge < -0.3 is 5.11 Å². The number of hydrogen-bond donors (Lipinski definition) is 1. The molecule has 1 aromatic heterocycles. The van der Waals surface area contributed by atoms with E-state index in [1.54, 1.807) is 11.3 Å². The second kappa shape index (κ2) is 5.28. The fourth-order valence-corrected chi connectivity index (χ4v) is 4.05. The quantitative estimate of drug-likeness (QED) is 0.853. The third-order valence-electron chi connectivity index (χ3n) is 4.57. The molecule has 0 aliphatic heterocycles. The van der Waals surface area contributed by atoms with Gasteiger partial charge in [-0.15, -0.1) is 11.3 Å². The number of carboxylic acids is 1. The van der Waals surface area contributed by atoms with Crippen LogP contribution in [0.2, 0.25) is 0 Å². The van der Waals surface area contributed by atoms with Crippen LogP contribution in [-0.4, -0.2) is 11.1 Å². The Bertz CT molecular complexity index is 456. The minimum atomic E-state index is -0.624. The van der Waals surface area contributed by atoms with Gasteiger partial charge in [-0.2, -0.15) is 0 Å². The van der Waals surface area contributed by atoms with Gasteiger partial charge in [-0.1, -0.05) is 20.8 Å². The summed E-state index contributed by atoms with van der Waals surface area (Å²) in [6, 6.07) is 2.18. The molecule has 0 amide bonds. The summed E-state index contributed by atoms with van der Waals surface area (Å²) in [5.74, 6) is -0.0115. The van der Waals surface area contributed by atoms with Crippen LogP contribution in [0.1, 0.15) is 56.4 Å². The van der Waals surface area contributed by atoms with E-state index >= 15 is 0 Å². The van der Waals surface area contributed by atoms with Crippen molar-refractivity contribution in [1.29, 1.82) is 0 Å². The van der Waals surface area contributed by atoms with E-state index in [2.05, 4.69) is 39.1 Å². The van der Waals surface area contributed by atoms with Crippen molar-refractivity contribution < 1.29 is 9.90 Å². The fraction of sp³-hybridized carbons (Fsp3) is 0.688. The van der Waals surface area contributed by atoms with Gasteiger partial charge in [0.15, 0.2) is 0 Å². The summed E-state index contributed by atoms with van der Waals surface area (Å²) in [4.78, 5) is 12.8. The normalized spacial score (nSPS) is 28.3. The standard InChI is InChI=1S/C16H24O2S/c1-10-7-11(9-19-10)14-8-12(16(2,3)4)5-6-13(14)15(17)18/h7,9,12-14H,5-6,8H2,1-4H3,(H,17,18). The van der Waals surface area contributed by atoms with Gasteiger partial charge in [0.1, 0.15) is 0 Å². The molecule has 0 radical (unpaired) electrons. The second-order valence-electron chi connectivity index (χ2n) is 6.92. The summed E-state index contributed by atoms with van der Waals surface area (Å²) in [5.41, 5.74) is 1.51. The van der Waals surface area contributed by atoms with Crippen LogP contribution in [0.25, 0.3) is 0 Å². The van der Waals surface area contributed by atoms with E-state index in [9.17, 15) is 9.90 Å². The van der Waals surface area contributed by atoms with Gasteiger partial charge in [0.25, 0.3) is 0 Å². The Hall–Kier alpha value is -0.830. The zero-order valence-electron chi connectivity index (χ0n) is 12.3. The predicted octanol–water partition coefficient (Wildman–Crippen LogP) is 4.69. The Labute approximate surface area is 119 Å². The van der Waals surface area contributed by atoms with Crippen molar-refractivity contribution >= 4 is 17.3 Å². The number of carbonyl (C=O) groups is 1. The van der Waals surface area contributed by atoms with Crippen molar-refractivity contribution in [3.63, 3.8) is 0 Å². The van der Waals surface area contributed by atoms with E-state index in [1.807, 2.05) is 0 Å². The van der Waals surface area contributed by atoms with Crippen LogP contribution in [0.5, 0.6) is 0 Å². The first kappa shape index (κ1) is 14.6. The molecule has 1 fully saturated rings. The maximum absolute atomic E-state index is 11.5. The van der Waals surface area contributed by atoms with Gasteiger partial charge in [-0.05, 0) is 60.4 Å². The molecule has 0 saturated heterocycles. The topological polar surface area (TPSA) is 37.3 Å². The third kappa shape index (κ3) is 3.19. The van der Waals surface area contributed by atoms with Gasteiger partial charge in [-0.3, -0.25) is 4.79 Å². The summed E-state index contributed by atoms with van der Waals surface area (Å²) >= 11 is 1.73. The third-order valence-corrected chi connectivity index (χ3v) is 5.45. The lowest BCUT2D eigenvalue weighted by Gasteiger charge is -2.40. The molecule has 1 N–H and O–H groups in total. The number of carboxylic acid groups (broad SMARTS) is 1. The Balaban J connectivity index is 2.25. The first-order valence-electron chi connectivity index (χ1n) is 7.07. The van der Waals surface area contributed by atoms with Gasteiger partial charge >= 0.3 is 5.97 Å². The van der Waals surface area contributed by atoms with Crippen molar-refractivity contribution in [3.05, 3.63) is 21.9 Å².